The fourth-order valence-electron chi connectivity index (χ4n) is 4.02. The molecule has 0 rings (SSSR count). The molecule has 1 unspecified atom stereocenters. The first-order valence-electron chi connectivity index (χ1n) is 18.4. The minimum atomic E-state index is -1.25. The molecule has 0 saturated heterocycles. The van der Waals surface area contributed by atoms with Crippen molar-refractivity contribution in [1.29, 1.82) is 0 Å². The Labute approximate surface area is 335 Å². The Morgan fingerprint density at radius 2 is 0.807 bits per heavy atom. The summed E-state index contributed by atoms with van der Waals surface area (Å²) in [6.07, 6.45) is -2.50. The van der Waals surface area contributed by atoms with Crippen molar-refractivity contribution in [2.24, 2.45) is 5.92 Å². The maximum Gasteiger partial charge on any atom is 0.333 e. The summed E-state index contributed by atoms with van der Waals surface area (Å²) in [5, 5.41) is 0. The molecule has 0 aromatic heterocycles. The average Bonchev–Trinajstić information content (AvgIpc) is 3.11. The molecule has 0 amide bonds. The van der Waals surface area contributed by atoms with Crippen LogP contribution in [0.3, 0.4) is 0 Å². The fraction of sp³-hybridized carbons (Fsp3) is 0.610. The molecular formula is C41H60O16. The van der Waals surface area contributed by atoms with E-state index in [9.17, 15) is 38.4 Å². The summed E-state index contributed by atoms with van der Waals surface area (Å²) in [7, 11) is 0. The molecule has 0 bridgehead atoms. The van der Waals surface area contributed by atoms with Crippen LogP contribution in [0, 0.1) is 5.92 Å². The number of Topliss-reactive ketones (excluding diaryl/α,β-unsaturated/α-hetero) is 1. The largest absolute Gasteiger partial charge is 0.459 e. The molecule has 0 N–H and O–H groups in total. The number of hydrogen-bond donors (Lipinski definition) is 0. The molecule has 0 aromatic carbocycles. The highest BCUT2D eigenvalue weighted by atomic mass is 16.6. The Morgan fingerprint density at radius 1 is 0.491 bits per heavy atom. The van der Waals surface area contributed by atoms with Crippen LogP contribution < -0.4 is 0 Å². The number of esters is 7. The van der Waals surface area contributed by atoms with Gasteiger partial charge in [0.25, 0.3) is 0 Å². The fourth-order valence-corrected chi connectivity index (χ4v) is 4.02. The minimum Gasteiger partial charge on any atom is -0.459 e. The zero-order chi connectivity index (χ0) is 44.1. The van der Waals surface area contributed by atoms with E-state index in [0.717, 1.165) is 0 Å². The summed E-state index contributed by atoms with van der Waals surface area (Å²) in [6, 6.07) is 0. The first kappa shape index (κ1) is 51.9. The van der Waals surface area contributed by atoms with Crippen LogP contribution in [0.25, 0.3) is 0 Å². The van der Waals surface area contributed by atoms with Gasteiger partial charge in [-0.15, -0.1) is 0 Å². The lowest BCUT2D eigenvalue weighted by Crippen LogP contribution is -2.42. The summed E-state index contributed by atoms with van der Waals surface area (Å²) in [5.41, 5.74) is -1.76. The second kappa shape index (κ2) is 25.2. The SMILES string of the molecule is C=C(C)C(=O)OCC(COC(=O)C(=C)C)OC(=O)CCCC(=O)OC(C)(C)C(C)COC(C)(C)C(=O)CCCC(=O)OC(COC(=O)C(=C)C)COC(=O)C(=C)C. The van der Waals surface area contributed by atoms with Gasteiger partial charge in [-0.1, -0.05) is 33.2 Å². The van der Waals surface area contributed by atoms with Gasteiger partial charge in [-0.25, -0.2) is 19.2 Å². The van der Waals surface area contributed by atoms with E-state index < -0.39 is 65.2 Å². The highest BCUT2D eigenvalue weighted by Gasteiger charge is 2.34. The Kier molecular flexibility index (Phi) is 22.9. The first-order chi connectivity index (χ1) is 26.3. The molecule has 1 atom stereocenters. The van der Waals surface area contributed by atoms with Gasteiger partial charge in [-0.2, -0.15) is 0 Å². The molecule has 16 heteroatoms. The van der Waals surface area contributed by atoms with Crippen molar-refractivity contribution in [1.82, 2.24) is 0 Å². The zero-order valence-corrected chi connectivity index (χ0v) is 34.9. The predicted molar refractivity (Wildman–Crippen MR) is 205 cm³/mol. The Bertz CT molecular complexity index is 1460. The summed E-state index contributed by atoms with van der Waals surface area (Å²) in [6.45, 7) is 26.5. The molecule has 0 aliphatic rings. The summed E-state index contributed by atoms with van der Waals surface area (Å²) in [4.78, 5) is 97.9. The Hall–Kier alpha value is -5.12. The lowest BCUT2D eigenvalue weighted by molar-refractivity contribution is -0.169. The lowest BCUT2D eigenvalue weighted by atomic mass is 9.92. The molecule has 0 saturated carbocycles. The quantitative estimate of drug-likeness (QED) is 0.0581. The molecule has 0 aromatic rings. The normalized spacial score (nSPS) is 11.8. The van der Waals surface area contributed by atoms with Crippen LogP contribution in [0.2, 0.25) is 0 Å². The van der Waals surface area contributed by atoms with E-state index in [2.05, 4.69) is 26.3 Å². The van der Waals surface area contributed by atoms with Crippen LogP contribution in [0.1, 0.15) is 101 Å². The highest BCUT2D eigenvalue weighted by Crippen LogP contribution is 2.25. The van der Waals surface area contributed by atoms with E-state index in [1.165, 1.54) is 27.7 Å². The molecule has 0 radical (unpaired) electrons. The molecule has 0 spiro atoms. The van der Waals surface area contributed by atoms with Crippen LogP contribution in [0.4, 0.5) is 0 Å². The van der Waals surface area contributed by atoms with Gasteiger partial charge in [0.1, 0.15) is 37.6 Å². The second-order valence-corrected chi connectivity index (χ2v) is 14.7. The smallest absolute Gasteiger partial charge is 0.333 e. The van der Waals surface area contributed by atoms with E-state index in [0.29, 0.717) is 0 Å². The molecule has 0 aliphatic carbocycles. The van der Waals surface area contributed by atoms with Crippen molar-refractivity contribution < 1.29 is 76.3 Å². The standard InChI is InChI=1S/C41H60O16/c1-25(2)36(46)50-21-30(22-51-37(47)26(3)4)55-33(43)17-14-16-32(42)41(12,13)54-20-29(9)40(10,11)57-35(45)19-15-18-34(44)56-31(23-52-38(48)27(5)6)24-53-39(49)28(7)8/h29-31H,1,3,5,7,14-24H2,2,4,6,8-13H3. The van der Waals surface area contributed by atoms with Crippen LogP contribution >= 0.6 is 0 Å². The molecule has 16 nitrogen and oxygen atoms in total. The number of carbonyl (C=O) groups is 8. The van der Waals surface area contributed by atoms with E-state index in [1.54, 1.807) is 34.6 Å². The number of ketones is 1. The second-order valence-electron chi connectivity index (χ2n) is 14.7. The van der Waals surface area contributed by atoms with Crippen LogP contribution in [-0.4, -0.2) is 104 Å². The Balaban J connectivity index is 4.94. The number of rotatable bonds is 28. The highest BCUT2D eigenvalue weighted by molar-refractivity contribution is 5.88. The number of ether oxygens (including phenoxy) is 8. The van der Waals surface area contributed by atoms with Crippen LogP contribution in [0.5, 0.6) is 0 Å². The Morgan fingerprint density at radius 3 is 1.14 bits per heavy atom. The number of hydrogen-bond acceptors (Lipinski definition) is 16. The maximum absolute atomic E-state index is 13.0. The third-order valence-electron chi connectivity index (χ3n) is 8.07. The first-order valence-corrected chi connectivity index (χ1v) is 18.4. The third-order valence-corrected chi connectivity index (χ3v) is 8.07. The van der Waals surface area contributed by atoms with Gasteiger partial charge < -0.3 is 37.9 Å². The van der Waals surface area contributed by atoms with Crippen molar-refractivity contribution in [3.63, 3.8) is 0 Å². The van der Waals surface area contributed by atoms with Crippen molar-refractivity contribution in [2.75, 3.05) is 33.0 Å². The van der Waals surface area contributed by atoms with Crippen molar-refractivity contribution >= 4 is 47.6 Å². The van der Waals surface area contributed by atoms with Gasteiger partial charge in [0.05, 0.1) is 6.61 Å². The van der Waals surface area contributed by atoms with E-state index >= 15 is 0 Å². The monoisotopic (exact) mass is 808 g/mol. The number of carbonyl (C=O) groups excluding carboxylic acids is 8. The molecule has 0 fully saturated rings. The zero-order valence-electron chi connectivity index (χ0n) is 34.9. The predicted octanol–water partition coefficient (Wildman–Crippen LogP) is 4.95. The molecule has 320 valence electrons. The van der Waals surface area contributed by atoms with Gasteiger partial charge in [0.2, 0.25) is 0 Å². The molecule has 57 heavy (non-hydrogen) atoms. The lowest BCUT2D eigenvalue weighted by Gasteiger charge is -2.34. The van der Waals surface area contributed by atoms with Crippen molar-refractivity contribution in [2.45, 2.75) is 124 Å². The van der Waals surface area contributed by atoms with E-state index in [1.807, 2.05) is 0 Å². The van der Waals surface area contributed by atoms with Crippen molar-refractivity contribution in [3.8, 4) is 0 Å². The van der Waals surface area contributed by atoms with Gasteiger partial charge in [0, 0.05) is 53.9 Å². The molecule has 0 heterocycles. The van der Waals surface area contributed by atoms with Gasteiger partial charge in [0.15, 0.2) is 18.0 Å². The summed E-state index contributed by atoms with van der Waals surface area (Å²) < 4.78 is 42.4. The van der Waals surface area contributed by atoms with Gasteiger partial charge in [-0.05, 0) is 68.2 Å². The van der Waals surface area contributed by atoms with Crippen LogP contribution in [0.15, 0.2) is 48.6 Å². The summed E-state index contributed by atoms with van der Waals surface area (Å²) >= 11 is 0. The average molecular weight is 809 g/mol. The van der Waals surface area contributed by atoms with Crippen LogP contribution in [-0.2, 0) is 76.3 Å². The molecular weight excluding hydrogens is 748 g/mol. The van der Waals surface area contributed by atoms with Gasteiger partial charge in [-0.3, -0.25) is 19.2 Å². The molecule has 0 aliphatic heterocycles. The van der Waals surface area contributed by atoms with Crippen molar-refractivity contribution in [3.05, 3.63) is 48.6 Å². The van der Waals surface area contributed by atoms with E-state index in [-0.39, 0.29) is 106 Å². The van der Waals surface area contributed by atoms with E-state index in [4.69, 9.17) is 37.9 Å². The third kappa shape index (κ3) is 22.3. The topological polar surface area (TPSA) is 210 Å². The maximum atomic E-state index is 13.0. The van der Waals surface area contributed by atoms with Gasteiger partial charge >= 0.3 is 41.8 Å². The summed E-state index contributed by atoms with van der Waals surface area (Å²) in [5.74, 6) is -5.54. The minimum absolute atomic E-state index is 0.0305.